The van der Waals surface area contributed by atoms with Crippen LogP contribution in [0.4, 0.5) is 28.8 Å². The van der Waals surface area contributed by atoms with Crippen LogP contribution in [0.1, 0.15) is 48.4 Å². The predicted octanol–water partition coefficient (Wildman–Crippen LogP) is 3.10. The van der Waals surface area contributed by atoms with Crippen LogP contribution in [0.3, 0.4) is 0 Å². The fourth-order valence-corrected chi connectivity index (χ4v) is 6.43. The number of aryl methyl sites for hydroxylation is 1. The SMILES string of the molecule is CN1C(=O)Cc2cc(Nc3nc(N4CCC(Nc5ccc6c(C7CCC(=O)NC7=O)nn(C)c6c5)CC4)ncc3C#N)ccc21. The van der Waals surface area contributed by atoms with Crippen molar-refractivity contribution in [1.29, 1.82) is 5.26 Å². The van der Waals surface area contributed by atoms with E-state index in [0.717, 1.165) is 59.5 Å². The molecule has 2 aromatic carbocycles. The third kappa shape index (κ3) is 5.28. The van der Waals surface area contributed by atoms with Gasteiger partial charge in [-0.3, -0.25) is 24.4 Å². The molecule has 0 aliphatic carbocycles. The first-order chi connectivity index (χ1) is 21.8. The second-order valence-corrected chi connectivity index (χ2v) is 11.8. The molecule has 0 bridgehead atoms. The summed E-state index contributed by atoms with van der Waals surface area (Å²) in [5.74, 6) is 0.0853. The van der Waals surface area contributed by atoms with E-state index in [2.05, 4.69) is 43.1 Å². The molecular formula is C32H32N10O3. The number of fused-ring (bicyclic) bond motifs is 2. The number of nitrogens with one attached hydrogen (secondary N) is 3. The lowest BCUT2D eigenvalue weighted by molar-refractivity contribution is -0.134. The summed E-state index contributed by atoms with van der Waals surface area (Å²) in [4.78, 5) is 49.1. The van der Waals surface area contributed by atoms with Crippen LogP contribution in [-0.4, -0.2) is 63.6 Å². The molecule has 13 nitrogen and oxygen atoms in total. The largest absolute Gasteiger partial charge is 0.382 e. The summed E-state index contributed by atoms with van der Waals surface area (Å²) in [5, 5.41) is 24.6. The standard InChI is InChI=1S/C32H32N10O3/c1-40-25-7-4-21(13-18(25)14-28(40)44)36-30-19(16-33)17-34-32(38-30)42-11-9-20(10-12-42)35-22-3-5-23-26(15-22)41(2)39-29(23)24-6-8-27(43)37-31(24)45/h3-5,7,13,15,17,20,24,35H,6,8-12,14H2,1-2H3,(H,34,36,38)(H,37,43,45). The molecule has 7 rings (SSSR count). The number of aromatic nitrogens is 4. The van der Waals surface area contributed by atoms with Gasteiger partial charge in [0.25, 0.3) is 0 Å². The van der Waals surface area contributed by atoms with Crippen LogP contribution >= 0.6 is 0 Å². The van der Waals surface area contributed by atoms with Crippen molar-refractivity contribution in [2.24, 2.45) is 7.05 Å². The van der Waals surface area contributed by atoms with E-state index < -0.39 is 5.92 Å². The molecule has 3 aliphatic heterocycles. The van der Waals surface area contributed by atoms with Gasteiger partial charge in [0.15, 0.2) is 5.82 Å². The zero-order valence-corrected chi connectivity index (χ0v) is 25.0. The van der Waals surface area contributed by atoms with Gasteiger partial charge in [-0.15, -0.1) is 0 Å². The molecule has 13 heteroatoms. The van der Waals surface area contributed by atoms with E-state index in [1.165, 1.54) is 0 Å². The third-order valence-corrected chi connectivity index (χ3v) is 8.91. The molecule has 3 aliphatic rings. The van der Waals surface area contributed by atoms with Crippen LogP contribution < -0.4 is 25.8 Å². The van der Waals surface area contributed by atoms with Gasteiger partial charge in [-0.2, -0.15) is 15.3 Å². The number of rotatable bonds is 6. The Bertz CT molecular complexity index is 1900. The summed E-state index contributed by atoms with van der Waals surface area (Å²) in [6, 6.07) is 14.2. The van der Waals surface area contributed by atoms with Gasteiger partial charge in [-0.1, -0.05) is 0 Å². The summed E-state index contributed by atoms with van der Waals surface area (Å²) < 4.78 is 1.79. The minimum Gasteiger partial charge on any atom is -0.382 e. The van der Waals surface area contributed by atoms with Gasteiger partial charge < -0.3 is 20.4 Å². The number of anilines is 5. The minimum atomic E-state index is -0.434. The maximum absolute atomic E-state index is 12.5. The molecule has 228 valence electrons. The quantitative estimate of drug-likeness (QED) is 0.279. The fourth-order valence-electron chi connectivity index (χ4n) is 6.43. The number of likely N-dealkylation sites (N-methyl/N-ethyl adjacent to an activating group) is 1. The van der Waals surface area contributed by atoms with E-state index in [9.17, 15) is 19.6 Å². The van der Waals surface area contributed by atoms with E-state index in [-0.39, 0.29) is 23.8 Å². The van der Waals surface area contributed by atoms with Gasteiger partial charge in [-0.25, -0.2) is 4.98 Å². The van der Waals surface area contributed by atoms with E-state index in [4.69, 9.17) is 4.98 Å². The summed E-state index contributed by atoms with van der Waals surface area (Å²) >= 11 is 0. The van der Waals surface area contributed by atoms with Gasteiger partial charge in [0.2, 0.25) is 23.7 Å². The molecule has 2 aromatic heterocycles. The number of carbonyl (C=O) groups is 3. The van der Waals surface area contributed by atoms with Gasteiger partial charge in [-0.05, 0) is 61.2 Å². The Morgan fingerprint density at radius 2 is 1.82 bits per heavy atom. The number of amides is 3. The second-order valence-electron chi connectivity index (χ2n) is 11.8. The Balaban J connectivity index is 1.01. The van der Waals surface area contributed by atoms with Gasteiger partial charge in [0.1, 0.15) is 11.6 Å². The highest BCUT2D eigenvalue weighted by atomic mass is 16.2. The van der Waals surface area contributed by atoms with Crippen LogP contribution in [0.5, 0.6) is 0 Å². The number of nitriles is 1. The lowest BCUT2D eigenvalue weighted by atomic mass is 9.93. The molecule has 3 N–H and O–H groups in total. The Labute approximate surface area is 259 Å². The lowest BCUT2D eigenvalue weighted by Crippen LogP contribution is -2.40. The van der Waals surface area contributed by atoms with Crippen molar-refractivity contribution in [1.82, 2.24) is 25.1 Å². The van der Waals surface area contributed by atoms with Crippen LogP contribution in [-0.2, 0) is 27.9 Å². The number of benzene rings is 2. The van der Waals surface area contributed by atoms with E-state index in [1.54, 1.807) is 22.8 Å². The monoisotopic (exact) mass is 604 g/mol. The maximum Gasteiger partial charge on any atom is 0.235 e. The fraction of sp³-hybridized carbons (Fsp3) is 0.344. The van der Waals surface area contributed by atoms with Crippen molar-refractivity contribution >= 4 is 57.5 Å². The van der Waals surface area contributed by atoms with Gasteiger partial charge in [0, 0.05) is 62.1 Å². The third-order valence-electron chi connectivity index (χ3n) is 8.91. The summed E-state index contributed by atoms with van der Waals surface area (Å²) in [7, 11) is 3.63. The highest BCUT2D eigenvalue weighted by Crippen LogP contribution is 2.33. The molecule has 2 saturated heterocycles. The summed E-state index contributed by atoms with van der Waals surface area (Å²) in [5.41, 5.74) is 5.53. The van der Waals surface area contributed by atoms with E-state index in [0.29, 0.717) is 42.3 Å². The van der Waals surface area contributed by atoms with Crippen molar-refractivity contribution in [3.05, 3.63) is 59.4 Å². The zero-order valence-electron chi connectivity index (χ0n) is 25.0. The topological polar surface area (TPSA) is 161 Å². The molecule has 45 heavy (non-hydrogen) atoms. The molecule has 1 unspecified atom stereocenters. The van der Waals surface area contributed by atoms with Gasteiger partial charge in [0.05, 0.1) is 29.7 Å². The van der Waals surface area contributed by atoms with Crippen LogP contribution in [0, 0.1) is 11.3 Å². The van der Waals surface area contributed by atoms with Crippen molar-refractivity contribution in [2.45, 2.75) is 44.1 Å². The molecule has 4 aromatic rings. The van der Waals surface area contributed by atoms with Crippen molar-refractivity contribution in [3.63, 3.8) is 0 Å². The number of hydrogen-bond donors (Lipinski definition) is 3. The van der Waals surface area contributed by atoms with Crippen LogP contribution in [0.25, 0.3) is 10.9 Å². The number of nitrogens with zero attached hydrogens (tertiary/aromatic N) is 7. The van der Waals surface area contributed by atoms with E-state index >= 15 is 0 Å². The maximum atomic E-state index is 12.5. The van der Waals surface area contributed by atoms with Crippen molar-refractivity contribution < 1.29 is 14.4 Å². The smallest absolute Gasteiger partial charge is 0.235 e. The van der Waals surface area contributed by atoms with Gasteiger partial charge >= 0.3 is 0 Å². The van der Waals surface area contributed by atoms with E-state index in [1.807, 2.05) is 37.4 Å². The normalized spacial score (nSPS) is 18.6. The summed E-state index contributed by atoms with van der Waals surface area (Å²) in [6.07, 6.45) is 4.40. The molecule has 2 fully saturated rings. The molecule has 0 saturated carbocycles. The van der Waals surface area contributed by atoms with Crippen LogP contribution in [0.2, 0.25) is 0 Å². The number of piperidine rings is 2. The second kappa shape index (κ2) is 11.2. The lowest BCUT2D eigenvalue weighted by Gasteiger charge is -2.33. The first kappa shape index (κ1) is 28.3. The molecule has 3 amide bonds. The molecule has 5 heterocycles. The first-order valence-corrected chi connectivity index (χ1v) is 15.0. The number of hydrogen-bond acceptors (Lipinski definition) is 10. The Morgan fingerprint density at radius 1 is 1.02 bits per heavy atom. The molecule has 1 atom stereocenters. The predicted molar refractivity (Wildman–Crippen MR) is 168 cm³/mol. The number of carbonyl (C=O) groups excluding carboxylic acids is 3. The molecular weight excluding hydrogens is 572 g/mol. The zero-order chi connectivity index (χ0) is 31.2. The number of imide groups is 1. The Kier molecular flexibility index (Phi) is 7.04. The highest BCUT2D eigenvalue weighted by molar-refractivity contribution is 6.03. The Hall–Kier alpha value is -5.51. The average molecular weight is 605 g/mol. The van der Waals surface area contributed by atoms with Crippen molar-refractivity contribution in [2.75, 3.05) is 40.6 Å². The summed E-state index contributed by atoms with van der Waals surface area (Å²) in [6.45, 7) is 1.48. The van der Waals surface area contributed by atoms with Crippen molar-refractivity contribution in [3.8, 4) is 6.07 Å². The highest BCUT2D eigenvalue weighted by Gasteiger charge is 2.32. The average Bonchev–Trinajstić information content (AvgIpc) is 3.51. The van der Waals surface area contributed by atoms with Crippen LogP contribution in [0.15, 0.2) is 42.6 Å². The first-order valence-electron chi connectivity index (χ1n) is 15.0. The Morgan fingerprint density at radius 3 is 2.60 bits per heavy atom. The molecule has 0 spiro atoms. The molecule has 0 radical (unpaired) electrons. The minimum absolute atomic E-state index is 0.0542.